The van der Waals surface area contributed by atoms with E-state index in [2.05, 4.69) is 15.0 Å². The summed E-state index contributed by atoms with van der Waals surface area (Å²) in [7, 11) is 1.28. The van der Waals surface area contributed by atoms with Gasteiger partial charge in [0, 0.05) is 18.8 Å². The van der Waals surface area contributed by atoms with E-state index >= 15 is 17.6 Å². The van der Waals surface area contributed by atoms with Gasteiger partial charge in [0.1, 0.15) is 5.69 Å². The highest BCUT2D eigenvalue weighted by Gasteiger charge is 2.81. The molecule has 11 heteroatoms. The van der Waals surface area contributed by atoms with Gasteiger partial charge in [-0.25, -0.2) is 9.97 Å². The number of aromatic nitrogens is 4. The van der Waals surface area contributed by atoms with Gasteiger partial charge in [0.05, 0.1) is 28.2 Å². The summed E-state index contributed by atoms with van der Waals surface area (Å²) in [6, 6.07) is 12.8. The van der Waals surface area contributed by atoms with Crippen LogP contribution < -0.4 is 0 Å². The SMILES string of the molecule is Cc1nc(-c2ccccc2)oc1C1=C(c2c(C)nc(-c3ccccn3)n2C)C(F)(F)C(F)(F)C1(F)F. The minimum absolute atomic E-state index is 0.0450. The summed E-state index contributed by atoms with van der Waals surface area (Å²) >= 11 is 0. The lowest BCUT2D eigenvalue weighted by atomic mass is 10.0. The molecule has 3 heterocycles. The van der Waals surface area contributed by atoms with E-state index in [-0.39, 0.29) is 28.8 Å². The molecule has 5 rings (SSSR count). The van der Waals surface area contributed by atoms with E-state index in [1.54, 1.807) is 42.5 Å². The Morgan fingerprint density at radius 3 is 2.06 bits per heavy atom. The summed E-state index contributed by atoms with van der Waals surface area (Å²) in [6.45, 7) is 2.51. The first-order valence-electron chi connectivity index (χ1n) is 10.8. The molecule has 0 atom stereocenters. The molecule has 0 aliphatic heterocycles. The Hall–Kier alpha value is -3.89. The molecule has 0 N–H and O–H groups in total. The first-order valence-corrected chi connectivity index (χ1v) is 10.8. The number of oxazole rings is 1. The molecule has 4 aromatic rings. The molecule has 3 aromatic heterocycles. The predicted molar refractivity (Wildman–Crippen MR) is 120 cm³/mol. The summed E-state index contributed by atoms with van der Waals surface area (Å²) in [4.78, 5) is 12.3. The van der Waals surface area contributed by atoms with Gasteiger partial charge in [0.25, 0.3) is 0 Å². The maximum Gasteiger partial charge on any atom is 0.380 e. The maximum atomic E-state index is 15.3. The topological polar surface area (TPSA) is 56.7 Å². The van der Waals surface area contributed by atoms with Crippen molar-refractivity contribution >= 4 is 11.1 Å². The minimum atomic E-state index is -5.74. The Balaban J connectivity index is 1.83. The van der Waals surface area contributed by atoms with Gasteiger partial charge in [0.2, 0.25) is 5.89 Å². The third-order valence-electron chi connectivity index (χ3n) is 6.11. The van der Waals surface area contributed by atoms with Gasteiger partial charge in [0.15, 0.2) is 11.6 Å². The summed E-state index contributed by atoms with van der Waals surface area (Å²) in [6.07, 6.45) is 1.43. The van der Waals surface area contributed by atoms with E-state index in [1.165, 1.54) is 33.2 Å². The highest BCUT2D eigenvalue weighted by molar-refractivity contribution is 6.00. The first-order chi connectivity index (χ1) is 16.9. The molecule has 0 radical (unpaired) electrons. The first kappa shape index (κ1) is 23.8. The molecule has 0 saturated carbocycles. The van der Waals surface area contributed by atoms with Crippen molar-refractivity contribution < 1.29 is 30.8 Å². The van der Waals surface area contributed by atoms with Gasteiger partial charge >= 0.3 is 17.8 Å². The Labute approximate surface area is 201 Å². The van der Waals surface area contributed by atoms with Crippen molar-refractivity contribution in [3.8, 4) is 23.0 Å². The Morgan fingerprint density at radius 1 is 0.778 bits per heavy atom. The average molecular weight is 504 g/mol. The van der Waals surface area contributed by atoms with Gasteiger partial charge < -0.3 is 8.98 Å². The number of alkyl halides is 6. The standard InChI is InChI=1S/C25H18F6N4O/c1-13-19(35(3)21(33-13)16-11-7-8-12-32-16)17-18(24(28,29)25(30,31)23(17,26)27)20-14(2)34-22(36-20)15-9-5-4-6-10-15/h4-12H,1-3H3. The molecule has 5 nitrogen and oxygen atoms in total. The van der Waals surface area contributed by atoms with E-state index in [1.807, 2.05) is 0 Å². The van der Waals surface area contributed by atoms with Gasteiger partial charge in [-0.3, -0.25) is 4.98 Å². The monoisotopic (exact) mass is 504 g/mol. The highest BCUT2D eigenvalue weighted by atomic mass is 19.3. The molecule has 0 saturated heterocycles. The number of pyridine rings is 1. The third kappa shape index (κ3) is 3.14. The van der Waals surface area contributed by atoms with Crippen LogP contribution in [0.4, 0.5) is 26.3 Å². The number of benzene rings is 1. The fourth-order valence-electron chi connectivity index (χ4n) is 4.39. The van der Waals surface area contributed by atoms with Crippen LogP contribution in [-0.2, 0) is 7.05 Å². The molecule has 1 aliphatic carbocycles. The number of halogens is 6. The van der Waals surface area contributed by atoms with Crippen molar-refractivity contribution in [2.75, 3.05) is 0 Å². The Bertz CT molecular complexity index is 1490. The summed E-state index contributed by atoms with van der Waals surface area (Å²) < 4.78 is 97.3. The van der Waals surface area contributed by atoms with E-state index in [0.29, 0.717) is 5.56 Å². The molecule has 0 fully saturated rings. The zero-order valence-corrected chi connectivity index (χ0v) is 19.2. The number of imidazole rings is 1. The molecule has 0 spiro atoms. The second-order valence-electron chi connectivity index (χ2n) is 8.42. The van der Waals surface area contributed by atoms with Crippen molar-refractivity contribution in [2.45, 2.75) is 31.6 Å². The minimum Gasteiger partial charge on any atom is -0.436 e. The van der Waals surface area contributed by atoms with Gasteiger partial charge in [-0.1, -0.05) is 24.3 Å². The molecular formula is C25H18F6N4O. The predicted octanol–water partition coefficient (Wildman–Crippen LogP) is 6.58. The van der Waals surface area contributed by atoms with Gasteiger partial charge in [-0.2, -0.15) is 26.3 Å². The number of nitrogens with zero attached hydrogens (tertiary/aromatic N) is 4. The lowest BCUT2D eigenvalue weighted by molar-refractivity contribution is -0.254. The Morgan fingerprint density at radius 2 is 1.42 bits per heavy atom. The third-order valence-corrected chi connectivity index (χ3v) is 6.11. The summed E-state index contributed by atoms with van der Waals surface area (Å²) in [5.74, 6) is -17.2. The second-order valence-corrected chi connectivity index (χ2v) is 8.42. The van der Waals surface area contributed by atoms with E-state index in [0.717, 1.165) is 4.57 Å². The van der Waals surface area contributed by atoms with E-state index in [4.69, 9.17) is 4.42 Å². The molecule has 1 aromatic carbocycles. The van der Waals surface area contributed by atoms with Crippen LogP contribution in [-0.4, -0.2) is 37.3 Å². The fourth-order valence-corrected chi connectivity index (χ4v) is 4.39. The van der Waals surface area contributed by atoms with Gasteiger partial charge in [-0.05, 0) is 38.1 Å². The molecule has 1 aliphatic rings. The number of aryl methyl sites for hydroxylation is 2. The second kappa shape index (κ2) is 7.81. The largest absolute Gasteiger partial charge is 0.436 e. The molecule has 0 unspecified atom stereocenters. The maximum absolute atomic E-state index is 15.3. The van der Waals surface area contributed by atoms with Crippen LogP contribution in [0, 0.1) is 13.8 Å². The quantitative estimate of drug-likeness (QED) is 0.295. The van der Waals surface area contributed by atoms with Crippen molar-refractivity contribution in [3.63, 3.8) is 0 Å². The number of hydrogen-bond donors (Lipinski definition) is 0. The van der Waals surface area contributed by atoms with Crippen LogP contribution in [0.2, 0.25) is 0 Å². The van der Waals surface area contributed by atoms with Crippen molar-refractivity contribution in [1.29, 1.82) is 0 Å². The van der Waals surface area contributed by atoms with Gasteiger partial charge in [-0.15, -0.1) is 0 Å². The molecule has 36 heavy (non-hydrogen) atoms. The zero-order valence-electron chi connectivity index (χ0n) is 19.2. The van der Waals surface area contributed by atoms with Crippen molar-refractivity contribution in [1.82, 2.24) is 19.5 Å². The number of rotatable bonds is 4. The van der Waals surface area contributed by atoms with Crippen LogP contribution in [0.3, 0.4) is 0 Å². The average Bonchev–Trinajstić information content (AvgIpc) is 3.39. The highest BCUT2D eigenvalue weighted by Crippen LogP contribution is 2.65. The lowest BCUT2D eigenvalue weighted by Crippen LogP contribution is -2.49. The molecule has 0 amide bonds. The fraction of sp³-hybridized carbons (Fsp3) is 0.240. The number of allylic oxidation sites excluding steroid dienone is 2. The van der Waals surface area contributed by atoms with E-state index in [9.17, 15) is 8.78 Å². The molecule has 0 bridgehead atoms. The van der Waals surface area contributed by atoms with Crippen LogP contribution in [0.1, 0.15) is 22.8 Å². The van der Waals surface area contributed by atoms with Crippen molar-refractivity contribution in [3.05, 3.63) is 77.6 Å². The molecular weight excluding hydrogens is 486 g/mol. The van der Waals surface area contributed by atoms with E-state index < -0.39 is 40.4 Å². The lowest BCUT2D eigenvalue weighted by Gasteiger charge is -2.25. The van der Waals surface area contributed by atoms with Crippen LogP contribution in [0.5, 0.6) is 0 Å². The zero-order chi connectivity index (χ0) is 26.0. The van der Waals surface area contributed by atoms with Crippen LogP contribution >= 0.6 is 0 Å². The Kier molecular flexibility index (Phi) is 5.17. The smallest absolute Gasteiger partial charge is 0.380 e. The van der Waals surface area contributed by atoms with Crippen LogP contribution in [0.15, 0.2) is 59.1 Å². The molecule has 186 valence electrons. The van der Waals surface area contributed by atoms with Crippen molar-refractivity contribution in [2.24, 2.45) is 7.05 Å². The van der Waals surface area contributed by atoms with Crippen LogP contribution in [0.25, 0.3) is 34.1 Å². The summed E-state index contributed by atoms with van der Waals surface area (Å²) in [5.41, 5.74) is -3.54. The number of hydrogen-bond acceptors (Lipinski definition) is 4. The summed E-state index contributed by atoms with van der Waals surface area (Å²) in [5, 5.41) is 0. The normalized spacial score (nSPS) is 18.1.